The molecule has 1 aromatic heterocycles. The number of H-pyrrole nitrogens is 1. The van der Waals surface area contributed by atoms with E-state index in [1.165, 1.54) is 19.3 Å². The predicted octanol–water partition coefficient (Wildman–Crippen LogP) is 1.32. The Balaban J connectivity index is 1.96. The zero-order chi connectivity index (χ0) is 11.8. The van der Waals surface area contributed by atoms with Gasteiger partial charge in [-0.05, 0) is 25.2 Å². The number of hydrogen-bond acceptors (Lipinski definition) is 3. The molecular weight excluding hydrogens is 214 g/mol. The molecule has 2 heterocycles. The van der Waals surface area contributed by atoms with Gasteiger partial charge in [-0.15, -0.1) is 0 Å². The van der Waals surface area contributed by atoms with Gasteiger partial charge in [0.2, 0.25) is 0 Å². The van der Waals surface area contributed by atoms with Gasteiger partial charge in [0.1, 0.15) is 5.82 Å². The fourth-order valence-electron chi connectivity index (χ4n) is 3.02. The summed E-state index contributed by atoms with van der Waals surface area (Å²) in [6.07, 6.45) is 4.47. The van der Waals surface area contributed by atoms with Crippen molar-refractivity contribution in [3.63, 3.8) is 0 Å². The number of nitrogens with one attached hydrogen (secondary N) is 2. The number of aromatic nitrogens is 2. The van der Waals surface area contributed by atoms with Crippen LogP contribution in [0.3, 0.4) is 0 Å². The molecule has 4 heteroatoms. The van der Waals surface area contributed by atoms with Crippen molar-refractivity contribution in [2.75, 3.05) is 6.54 Å². The van der Waals surface area contributed by atoms with Crippen molar-refractivity contribution in [2.45, 2.75) is 45.1 Å². The standard InChI is InChI=1S/C13H19N3O/c1-8-2-3-9(6-8)12-15-11-4-5-14-7-10(11)13(17)16-12/h8-9,14H,2-7H2,1H3,(H,15,16,17). The molecule has 3 rings (SSSR count). The van der Waals surface area contributed by atoms with Crippen molar-refractivity contribution in [1.82, 2.24) is 15.3 Å². The van der Waals surface area contributed by atoms with Crippen molar-refractivity contribution in [2.24, 2.45) is 5.92 Å². The molecule has 0 radical (unpaired) electrons. The summed E-state index contributed by atoms with van der Waals surface area (Å²) in [5.74, 6) is 2.17. The highest BCUT2D eigenvalue weighted by molar-refractivity contribution is 5.21. The molecule has 2 atom stereocenters. The first-order valence-corrected chi connectivity index (χ1v) is 6.56. The number of nitrogens with zero attached hydrogens (tertiary/aromatic N) is 1. The molecule has 1 saturated carbocycles. The van der Waals surface area contributed by atoms with Crippen molar-refractivity contribution in [3.05, 3.63) is 27.4 Å². The van der Waals surface area contributed by atoms with Crippen LogP contribution in [0, 0.1) is 5.92 Å². The van der Waals surface area contributed by atoms with E-state index in [0.29, 0.717) is 12.5 Å². The molecule has 0 amide bonds. The minimum atomic E-state index is 0.0664. The normalized spacial score (nSPS) is 28.1. The van der Waals surface area contributed by atoms with Gasteiger partial charge in [-0.2, -0.15) is 0 Å². The fourth-order valence-corrected chi connectivity index (χ4v) is 3.02. The minimum absolute atomic E-state index is 0.0664. The van der Waals surface area contributed by atoms with Gasteiger partial charge in [0.15, 0.2) is 0 Å². The third kappa shape index (κ3) is 2.02. The first-order valence-electron chi connectivity index (χ1n) is 6.56. The lowest BCUT2D eigenvalue weighted by Gasteiger charge is -2.17. The molecule has 92 valence electrons. The van der Waals surface area contributed by atoms with E-state index in [4.69, 9.17) is 4.98 Å². The van der Waals surface area contributed by atoms with Crippen LogP contribution in [-0.4, -0.2) is 16.5 Å². The van der Waals surface area contributed by atoms with E-state index in [0.717, 1.165) is 36.0 Å². The van der Waals surface area contributed by atoms with Crippen LogP contribution in [0.1, 0.15) is 49.2 Å². The Morgan fingerprint density at radius 2 is 2.24 bits per heavy atom. The van der Waals surface area contributed by atoms with Crippen LogP contribution in [0.25, 0.3) is 0 Å². The third-order valence-electron chi connectivity index (χ3n) is 4.04. The highest BCUT2D eigenvalue weighted by Gasteiger charge is 2.26. The van der Waals surface area contributed by atoms with Crippen LogP contribution in [0.4, 0.5) is 0 Å². The molecule has 1 aliphatic carbocycles. The molecule has 1 aromatic rings. The average Bonchev–Trinajstić information content (AvgIpc) is 2.76. The first kappa shape index (κ1) is 11.0. The maximum Gasteiger partial charge on any atom is 0.255 e. The van der Waals surface area contributed by atoms with Crippen molar-refractivity contribution in [3.8, 4) is 0 Å². The van der Waals surface area contributed by atoms with Gasteiger partial charge in [-0.1, -0.05) is 6.92 Å². The lowest BCUT2D eigenvalue weighted by molar-refractivity contribution is 0.569. The van der Waals surface area contributed by atoms with Gasteiger partial charge in [-0.3, -0.25) is 4.79 Å². The topological polar surface area (TPSA) is 57.8 Å². The third-order valence-corrected chi connectivity index (χ3v) is 4.04. The fraction of sp³-hybridized carbons (Fsp3) is 0.692. The van der Waals surface area contributed by atoms with E-state index in [-0.39, 0.29) is 5.56 Å². The number of aromatic amines is 1. The number of rotatable bonds is 1. The Hall–Kier alpha value is -1.16. The lowest BCUT2D eigenvalue weighted by Crippen LogP contribution is -2.32. The Morgan fingerprint density at radius 1 is 1.35 bits per heavy atom. The molecule has 0 saturated heterocycles. The van der Waals surface area contributed by atoms with Crippen LogP contribution in [0.2, 0.25) is 0 Å². The average molecular weight is 233 g/mol. The zero-order valence-electron chi connectivity index (χ0n) is 10.3. The highest BCUT2D eigenvalue weighted by atomic mass is 16.1. The maximum atomic E-state index is 12.0. The van der Waals surface area contributed by atoms with Crippen LogP contribution in [-0.2, 0) is 13.0 Å². The molecular formula is C13H19N3O. The summed E-state index contributed by atoms with van der Waals surface area (Å²) in [5.41, 5.74) is 1.92. The Bertz CT molecular complexity index is 480. The second-order valence-corrected chi connectivity index (χ2v) is 5.42. The predicted molar refractivity (Wildman–Crippen MR) is 66.0 cm³/mol. The smallest absolute Gasteiger partial charge is 0.255 e. The zero-order valence-corrected chi connectivity index (χ0v) is 10.3. The Morgan fingerprint density at radius 3 is 3.00 bits per heavy atom. The van der Waals surface area contributed by atoms with Crippen molar-refractivity contribution in [1.29, 1.82) is 0 Å². The monoisotopic (exact) mass is 233 g/mol. The van der Waals surface area contributed by atoms with Gasteiger partial charge in [0.25, 0.3) is 5.56 Å². The molecule has 4 nitrogen and oxygen atoms in total. The van der Waals surface area contributed by atoms with Crippen LogP contribution in [0.15, 0.2) is 4.79 Å². The lowest BCUT2D eigenvalue weighted by atomic mass is 10.0. The summed E-state index contributed by atoms with van der Waals surface area (Å²) in [4.78, 5) is 19.7. The second kappa shape index (κ2) is 4.26. The number of hydrogen-bond donors (Lipinski definition) is 2. The first-order chi connectivity index (χ1) is 8.24. The summed E-state index contributed by atoms with van der Waals surface area (Å²) in [7, 11) is 0. The van der Waals surface area contributed by atoms with E-state index in [9.17, 15) is 4.79 Å². The summed E-state index contributed by atoms with van der Waals surface area (Å²) >= 11 is 0. The van der Waals surface area contributed by atoms with E-state index in [1.54, 1.807) is 0 Å². The molecule has 0 bridgehead atoms. The Labute approximate surface area is 101 Å². The van der Waals surface area contributed by atoms with Crippen LogP contribution in [0.5, 0.6) is 0 Å². The minimum Gasteiger partial charge on any atom is -0.312 e. The van der Waals surface area contributed by atoms with Gasteiger partial charge >= 0.3 is 0 Å². The van der Waals surface area contributed by atoms with Gasteiger partial charge in [-0.25, -0.2) is 4.98 Å². The summed E-state index contributed by atoms with van der Waals surface area (Å²) in [5, 5.41) is 3.22. The van der Waals surface area contributed by atoms with E-state index >= 15 is 0 Å². The molecule has 0 aromatic carbocycles. The Kier molecular flexibility index (Phi) is 2.74. The van der Waals surface area contributed by atoms with Gasteiger partial charge < -0.3 is 10.3 Å². The number of fused-ring (bicyclic) bond motifs is 1. The largest absolute Gasteiger partial charge is 0.312 e. The summed E-state index contributed by atoms with van der Waals surface area (Å²) < 4.78 is 0. The summed E-state index contributed by atoms with van der Waals surface area (Å²) in [6, 6.07) is 0. The van der Waals surface area contributed by atoms with E-state index < -0.39 is 0 Å². The van der Waals surface area contributed by atoms with Crippen molar-refractivity contribution < 1.29 is 0 Å². The van der Waals surface area contributed by atoms with Crippen LogP contribution >= 0.6 is 0 Å². The second-order valence-electron chi connectivity index (χ2n) is 5.42. The van der Waals surface area contributed by atoms with Gasteiger partial charge in [0, 0.05) is 25.4 Å². The molecule has 0 spiro atoms. The SMILES string of the molecule is CC1CCC(c2nc3c(c(=O)[nH]2)CNCC3)C1. The maximum absolute atomic E-state index is 12.0. The molecule has 2 unspecified atom stereocenters. The quantitative estimate of drug-likeness (QED) is 0.769. The molecule has 1 aliphatic heterocycles. The molecule has 2 aliphatic rings. The molecule has 2 N–H and O–H groups in total. The summed E-state index contributed by atoms with van der Waals surface area (Å²) in [6.45, 7) is 3.88. The van der Waals surface area contributed by atoms with Crippen LogP contribution < -0.4 is 10.9 Å². The van der Waals surface area contributed by atoms with E-state index in [2.05, 4.69) is 17.2 Å². The van der Waals surface area contributed by atoms with Crippen molar-refractivity contribution >= 4 is 0 Å². The van der Waals surface area contributed by atoms with E-state index in [1.807, 2.05) is 0 Å². The van der Waals surface area contributed by atoms with Gasteiger partial charge in [0.05, 0.1) is 11.3 Å². The molecule has 17 heavy (non-hydrogen) atoms. The molecule has 1 fully saturated rings. The highest BCUT2D eigenvalue weighted by Crippen LogP contribution is 2.36.